The van der Waals surface area contributed by atoms with Gasteiger partial charge >= 0.3 is 5.97 Å². The van der Waals surface area contributed by atoms with Crippen LogP contribution < -0.4 is 5.32 Å². The first-order valence-electron chi connectivity index (χ1n) is 8.54. The van der Waals surface area contributed by atoms with E-state index in [4.69, 9.17) is 4.74 Å². The predicted molar refractivity (Wildman–Crippen MR) is 96.1 cm³/mol. The first-order chi connectivity index (χ1) is 12.6. The van der Waals surface area contributed by atoms with E-state index in [1.807, 2.05) is 0 Å². The van der Waals surface area contributed by atoms with E-state index in [0.717, 1.165) is 50.1 Å². The van der Waals surface area contributed by atoms with Crippen LogP contribution in [-0.4, -0.2) is 44.1 Å². The third-order valence-corrected chi connectivity index (χ3v) is 5.73. The van der Waals surface area contributed by atoms with Crippen LogP contribution in [0, 0.1) is 16.0 Å². The molecule has 0 heterocycles. The number of hydrogen-bond donors (Lipinski definition) is 1. The van der Waals surface area contributed by atoms with Crippen molar-refractivity contribution in [2.45, 2.75) is 43.5 Å². The highest BCUT2D eigenvalue weighted by Gasteiger charge is 2.26. The Bertz CT molecular complexity index is 851. The minimum Gasteiger partial charge on any atom is -0.452 e. The number of benzene rings is 1. The molecule has 1 saturated carbocycles. The number of sulfone groups is 1. The van der Waals surface area contributed by atoms with Crippen molar-refractivity contribution in [2.24, 2.45) is 5.92 Å². The Morgan fingerprint density at radius 1 is 1.30 bits per heavy atom. The van der Waals surface area contributed by atoms with Crippen molar-refractivity contribution in [2.75, 3.05) is 12.9 Å². The van der Waals surface area contributed by atoms with Crippen molar-refractivity contribution >= 4 is 27.4 Å². The highest BCUT2D eigenvalue weighted by Crippen LogP contribution is 2.25. The van der Waals surface area contributed by atoms with Gasteiger partial charge in [-0.05, 0) is 30.9 Å². The number of ether oxygens (including phenoxy) is 1. The van der Waals surface area contributed by atoms with Gasteiger partial charge in [-0.3, -0.25) is 14.9 Å². The van der Waals surface area contributed by atoms with Gasteiger partial charge in [0.15, 0.2) is 16.4 Å². The fourth-order valence-electron chi connectivity index (χ4n) is 3.09. The van der Waals surface area contributed by atoms with Gasteiger partial charge in [0.2, 0.25) is 0 Å². The van der Waals surface area contributed by atoms with Crippen LogP contribution in [0.1, 0.15) is 43.0 Å². The van der Waals surface area contributed by atoms with Gasteiger partial charge in [-0.2, -0.15) is 0 Å². The molecule has 1 aromatic rings. The molecule has 0 radical (unpaired) electrons. The number of carbonyl (C=O) groups is 2. The predicted octanol–water partition coefficient (Wildman–Crippen LogP) is 1.85. The van der Waals surface area contributed by atoms with Crippen LogP contribution in [0.4, 0.5) is 5.69 Å². The first kappa shape index (κ1) is 20.8. The normalized spacial score (nSPS) is 19.9. The molecule has 1 aliphatic carbocycles. The van der Waals surface area contributed by atoms with Crippen molar-refractivity contribution in [1.29, 1.82) is 0 Å². The molecule has 0 aliphatic heterocycles. The molecule has 1 N–H and O–H groups in total. The maximum atomic E-state index is 12.1. The fourth-order valence-corrected chi connectivity index (χ4v) is 3.92. The summed E-state index contributed by atoms with van der Waals surface area (Å²) in [6.07, 6.45) is 4.90. The Hall–Kier alpha value is -2.49. The molecule has 1 aliphatic rings. The van der Waals surface area contributed by atoms with Gasteiger partial charge in [0.25, 0.3) is 11.6 Å². The van der Waals surface area contributed by atoms with Crippen LogP contribution in [0.3, 0.4) is 0 Å². The standard InChI is InChI=1S/C17H22N2O7S/c1-11-5-3-4-6-13(11)18-16(20)10-26-17(21)12-7-8-15(27(2,24)25)14(9-12)19(22)23/h7-9,11,13H,3-6,10H2,1-2H3,(H,18,20)/t11-,13+/m0/s1. The average molecular weight is 398 g/mol. The molecule has 27 heavy (non-hydrogen) atoms. The van der Waals surface area contributed by atoms with Gasteiger partial charge in [0.05, 0.1) is 10.5 Å². The zero-order chi connectivity index (χ0) is 20.2. The van der Waals surface area contributed by atoms with Crippen molar-refractivity contribution in [1.82, 2.24) is 5.32 Å². The summed E-state index contributed by atoms with van der Waals surface area (Å²) in [5.74, 6) is -1.03. The molecule has 0 spiro atoms. The van der Waals surface area contributed by atoms with Crippen LogP contribution in [0.5, 0.6) is 0 Å². The molecular weight excluding hydrogens is 376 g/mol. The van der Waals surface area contributed by atoms with Crippen molar-refractivity contribution < 1.29 is 27.7 Å². The van der Waals surface area contributed by atoms with E-state index in [2.05, 4.69) is 12.2 Å². The largest absolute Gasteiger partial charge is 0.452 e. The molecule has 1 aromatic carbocycles. The van der Waals surface area contributed by atoms with Crippen LogP contribution >= 0.6 is 0 Å². The lowest BCUT2D eigenvalue weighted by molar-refractivity contribution is -0.387. The number of nitro benzene ring substituents is 1. The summed E-state index contributed by atoms with van der Waals surface area (Å²) < 4.78 is 28.1. The molecule has 1 amide bonds. The summed E-state index contributed by atoms with van der Waals surface area (Å²) in [6.45, 7) is 1.54. The Balaban J connectivity index is 2.02. The Morgan fingerprint density at radius 3 is 2.56 bits per heavy atom. The molecule has 10 heteroatoms. The topological polar surface area (TPSA) is 133 Å². The van der Waals surface area contributed by atoms with Gasteiger partial charge < -0.3 is 10.1 Å². The summed E-state index contributed by atoms with van der Waals surface area (Å²) in [4.78, 5) is 33.8. The number of amides is 1. The molecule has 1 fully saturated rings. The molecule has 0 saturated heterocycles. The maximum Gasteiger partial charge on any atom is 0.338 e. The number of hydrogen-bond acceptors (Lipinski definition) is 7. The molecule has 2 rings (SSSR count). The van der Waals surface area contributed by atoms with E-state index < -0.39 is 43.8 Å². The van der Waals surface area contributed by atoms with Crippen molar-refractivity contribution in [3.63, 3.8) is 0 Å². The zero-order valence-corrected chi connectivity index (χ0v) is 16.0. The molecule has 2 atom stereocenters. The summed E-state index contributed by atoms with van der Waals surface area (Å²) in [5.41, 5.74) is -0.916. The highest BCUT2D eigenvalue weighted by molar-refractivity contribution is 7.90. The monoisotopic (exact) mass is 398 g/mol. The minimum absolute atomic E-state index is 0.0417. The quantitative estimate of drug-likeness (QED) is 0.439. The van der Waals surface area contributed by atoms with E-state index in [-0.39, 0.29) is 11.6 Å². The fraction of sp³-hybridized carbons (Fsp3) is 0.529. The Labute approximate surface area is 157 Å². The van der Waals surface area contributed by atoms with Crippen LogP contribution in [0.15, 0.2) is 23.1 Å². The summed E-state index contributed by atoms with van der Waals surface area (Å²) in [6, 6.07) is 2.97. The van der Waals surface area contributed by atoms with Crippen molar-refractivity contribution in [3.05, 3.63) is 33.9 Å². The van der Waals surface area contributed by atoms with E-state index in [0.29, 0.717) is 5.92 Å². The summed E-state index contributed by atoms with van der Waals surface area (Å²) >= 11 is 0. The van der Waals surface area contributed by atoms with Crippen LogP contribution in [0.25, 0.3) is 0 Å². The molecule has 0 unspecified atom stereocenters. The maximum absolute atomic E-state index is 12.1. The lowest BCUT2D eigenvalue weighted by Crippen LogP contribution is -2.42. The third kappa shape index (κ3) is 5.49. The molecule has 0 bridgehead atoms. The second kappa shape index (κ2) is 8.47. The summed E-state index contributed by atoms with van der Waals surface area (Å²) in [7, 11) is -3.83. The molecular formula is C17H22N2O7S. The first-order valence-corrected chi connectivity index (χ1v) is 10.4. The SMILES string of the molecule is C[C@H]1CCCC[C@H]1NC(=O)COC(=O)c1ccc(S(C)(=O)=O)c([N+](=O)[O-])c1. The number of nitro groups is 1. The zero-order valence-electron chi connectivity index (χ0n) is 15.1. The van der Waals surface area contributed by atoms with E-state index >= 15 is 0 Å². The number of carbonyl (C=O) groups excluding carboxylic acids is 2. The number of nitrogens with one attached hydrogen (secondary N) is 1. The molecule has 0 aromatic heterocycles. The van der Waals surface area contributed by atoms with Gasteiger partial charge in [-0.15, -0.1) is 0 Å². The smallest absolute Gasteiger partial charge is 0.338 e. The van der Waals surface area contributed by atoms with E-state index in [1.165, 1.54) is 0 Å². The van der Waals surface area contributed by atoms with E-state index in [9.17, 15) is 28.1 Å². The Morgan fingerprint density at radius 2 is 1.96 bits per heavy atom. The lowest BCUT2D eigenvalue weighted by atomic mass is 9.86. The highest BCUT2D eigenvalue weighted by atomic mass is 32.2. The van der Waals surface area contributed by atoms with Gasteiger partial charge in [-0.1, -0.05) is 19.8 Å². The average Bonchev–Trinajstić information content (AvgIpc) is 2.60. The Kier molecular flexibility index (Phi) is 6.53. The van der Waals surface area contributed by atoms with Gasteiger partial charge in [-0.25, -0.2) is 13.2 Å². The molecule has 148 valence electrons. The van der Waals surface area contributed by atoms with Gasteiger partial charge in [0, 0.05) is 18.4 Å². The second-order valence-electron chi connectivity index (χ2n) is 6.72. The summed E-state index contributed by atoms with van der Waals surface area (Å²) in [5, 5.41) is 13.9. The number of nitrogens with zero attached hydrogens (tertiary/aromatic N) is 1. The van der Waals surface area contributed by atoms with Crippen LogP contribution in [-0.2, 0) is 19.4 Å². The van der Waals surface area contributed by atoms with Crippen molar-refractivity contribution in [3.8, 4) is 0 Å². The van der Waals surface area contributed by atoms with E-state index in [1.54, 1.807) is 0 Å². The molecule has 9 nitrogen and oxygen atoms in total. The minimum atomic E-state index is -3.83. The third-order valence-electron chi connectivity index (χ3n) is 4.58. The second-order valence-corrected chi connectivity index (χ2v) is 8.71. The van der Waals surface area contributed by atoms with Crippen LogP contribution in [0.2, 0.25) is 0 Å². The number of esters is 1. The van der Waals surface area contributed by atoms with Gasteiger partial charge in [0.1, 0.15) is 4.90 Å². The number of rotatable bonds is 6. The lowest BCUT2D eigenvalue weighted by Gasteiger charge is -2.29.